The van der Waals surface area contributed by atoms with Crippen LogP contribution in [0.2, 0.25) is 0 Å². The highest BCUT2D eigenvalue weighted by Gasteiger charge is 2.17. The Balaban J connectivity index is 2.91. The molecule has 92 valence electrons. The molecule has 1 amide bonds. The zero-order valence-electron chi connectivity index (χ0n) is 9.92. The Kier molecular flexibility index (Phi) is 5.07. The third-order valence-electron chi connectivity index (χ3n) is 2.02. The molecule has 1 rings (SSSR count). The van der Waals surface area contributed by atoms with Crippen LogP contribution in [-0.2, 0) is 0 Å². The third kappa shape index (κ3) is 3.42. The molecule has 1 aromatic heterocycles. The third-order valence-corrected chi connectivity index (χ3v) is 2.02. The molecule has 0 aliphatic rings. The van der Waals surface area contributed by atoms with Crippen LogP contribution in [0.3, 0.4) is 0 Å². The number of anilines is 1. The van der Waals surface area contributed by atoms with Crippen molar-refractivity contribution in [3.63, 3.8) is 0 Å². The van der Waals surface area contributed by atoms with Gasteiger partial charge in [0.05, 0.1) is 24.5 Å². The number of hydrogen-bond acceptors (Lipinski definition) is 6. The van der Waals surface area contributed by atoms with Crippen LogP contribution in [0, 0.1) is 22.7 Å². The maximum atomic E-state index is 12.0. The molecule has 0 radical (unpaired) electrons. The highest BCUT2D eigenvalue weighted by atomic mass is 16.2. The minimum Gasteiger partial charge on any atom is -0.369 e. The molecule has 0 spiro atoms. The summed E-state index contributed by atoms with van der Waals surface area (Å²) in [6.07, 6.45) is 2.81. The van der Waals surface area contributed by atoms with Crippen molar-refractivity contribution in [2.45, 2.75) is 6.92 Å². The molecule has 0 unspecified atom stereocenters. The van der Waals surface area contributed by atoms with E-state index >= 15 is 0 Å². The molecule has 1 aromatic rings. The van der Waals surface area contributed by atoms with Crippen molar-refractivity contribution < 1.29 is 4.79 Å². The smallest absolute Gasteiger partial charge is 0.275 e. The van der Waals surface area contributed by atoms with E-state index in [4.69, 9.17) is 10.5 Å². The first-order valence-electron chi connectivity index (χ1n) is 5.32. The van der Waals surface area contributed by atoms with E-state index in [-0.39, 0.29) is 18.8 Å². The zero-order valence-corrected chi connectivity index (χ0v) is 9.92. The lowest BCUT2D eigenvalue weighted by Crippen LogP contribution is -2.32. The first kappa shape index (κ1) is 13.4. The molecule has 18 heavy (non-hydrogen) atoms. The number of rotatable bonds is 5. The molecular weight excluding hydrogens is 232 g/mol. The van der Waals surface area contributed by atoms with E-state index in [1.165, 1.54) is 12.4 Å². The fourth-order valence-corrected chi connectivity index (χ4v) is 1.27. The maximum Gasteiger partial charge on any atom is 0.275 e. The molecule has 1 heterocycles. The molecule has 0 saturated carbocycles. The van der Waals surface area contributed by atoms with Crippen LogP contribution >= 0.6 is 0 Å². The fraction of sp³-hybridized carbons (Fsp3) is 0.364. The summed E-state index contributed by atoms with van der Waals surface area (Å²) in [6, 6.07) is 3.67. The van der Waals surface area contributed by atoms with Crippen molar-refractivity contribution in [1.29, 1.82) is 10.5 Å². The molecule has 0 bridgehead atoms. The largest absolute Gasteiger partial charge is 0.369 e. The van der Waals surface area contributed by atoms with Gasteiger partial charge < -0.3 is 10.2 Å². The maximum absolute atomic E-state index is 12.0. The van der Waals surface area contributed by atoms with E-state index < -0.39 is 5.91 Å². The lowest BCUT2D eigenvalue weighted by atomic mass is 10.3. The number of nitrogens with zero attached hydrogens (tertiary/aromatic N) is 5. The van der Waals surface area contributed by atoms with Gasteiger partial charge in [-0.3, -0.25) is 9.78 Å². The molecule has 0 atom stereocenters. The van der Waals surface area contributed by atoms with Crippen molar-refractivity contribution in [3.05, 3.63) is 18.1 Å². The van der Waals surface area contributed by atoms with Crippen molar-refractivity contribution in [2.24, 2.45) is 0 Å². The summed E-state index contributed by atoms with van der Waals surface area (Å²) in [5.41, 5.74) is 0.110. The number of nitriles is 2. The van der Waals surface area contributed by atoms with Gasteiger partial charge in [0.1, 0.15) is 24.6 Å². The van der Waals surface area contributed by atoms with Gasteiger partial charge >= 0.3 is 0 Å². The number of carbonyl (C=O) groups excluding carboxylic acids is 1. The summed E-state index contributed by atoms with van der Waals surface area (Å²) in [7, 11) is 0. The fourth-order valence-electron chi connectivity index (χ4n) is 1.27. The number of aromatic nitrogens is 2. The molecule has 0 fully saturated rings. The van der Waals surface area contributed by atoms with E-state index in [0.717, 1.165) is 4.90 Å². The normalized spacial score (nSPS) is 9.06. The summed E-state index contributed by atoms with van der Waals surface area (Å²) in [4.78, 5) is 21.0. The molecule has 0 aromatic carbocycles. The van der Waals surface area contributed by atoms with Crippen molar-refractivity contribution >= 4 is 11.7 Å². The Hall–Kier alpha value is -2.67. The molecular formula is C11H12N6O. The van der Waals surface area contributed by atoms with Crippen molar-refractivity contribution in [1.82, 2.24) is 14.9 Å². The monoisotopic (exact) mass is 244 g/mol. The summed E-state index contributed by atoms with van der Waals surface area (Å²) in [5, 5.41) is 20.1. The van der Waals surface area contributed by atoms with Crippen LogP contribution in [0.15, 0.2) is 12.4 Å². The second kappa shape index (κ2) is 6.81. The van der Waals surface area contributed by atoms with Crippen molar-refractivity contribution in [2.75, 3.05) is 25.0 Å². The standard InChI is InChI=1S/C11H12N6O/c1-2-15-10-8-14-7-9(16-10)11(18)17(5-3-12)6-4-13/h7-8H,2,5-6H2,1H3,(H,15,16). The SMILES string of the molecule is CCNc1cncc(C(=O)N(CC#N)CC#N)n1. The van der Waals surface area contributed by atoms with Crippen LogP contribution < -0.4 is 5.32 Å². The first-order chi connectivity index (χ1) is 8.72. The second-order valence-corrected chi connectivity index (χ2v) is 3.30. The number of carbonyl (C=O) groups is 1. The van der Waals surface area contributed by atoms with Crippen LogP contribution in [0.4, 0.5) is 5.82 Å². The number of hydrogen-bond donors (Lipinski definition) is 1. The van der Waals surface area contributed by atoms with Gasteiger partial charge in [-0.2, -0.15) is 10.5 Å². The van der Waals surface area contributed by atoms with Gasteiger partial charge in [-0.15, -0.1) is 0 Å². The van der Waals surface area contributed by atoms with Crippen molar-refractivity contribution in [3.8, 4) is 12.1 Å². The van der Waals surface area contributed by atoms with Crippen LogP contribution in [0.25, 0.3) is 0 Å². The summed E-state index contributed by atoms with van der Waals surface area (Å²) in [6.45, 7) is 2.25. The zero-order chi connectivity index (χ0) is 13.4. The van der Waals surface area contributed by atoms with E-state index in [2.05, 4.69) is 15.3 Å². The predicted molar refractivity (Wildman–Crippen MR) is 63.3 cm³/mol. The van der Waals surface area contributed by atoms with Gasteiger partial charge in [0.15, 0.2) is 0 Å². The summed E-state index contributed by atoms with van der Waals surface area (Å²) >= 11 is 0. The van der Waals surface area contributed by atoms with Gasteiger partial charge in [-0.25, -0.2) is 4.98 Å². The van der Waals surface area contributed by atoms with E-state index in [9.17, 15) is 4.79 Å². The molecule has 0 aliphatic carbocycles. The van der Waals surface area contributed by atoms with Gasteiger partial charge in [0.25, 0.3) is 5.91 Å². The predicted octanol–water partition coefficient (Wildman–Crippen LogP) is 0.398. The molecule has 0 aliphatic heterocycles. The molecule has 7 heteroatoms. The molecule has 1 N–H and O–H groups in total. The van der Waals surface area contributed by atoms with Crippen LogP contribution in [0.5, 0.6) is 0 Å². The van der Waals surface area contributed by atoms with E-state index in [0.29, 0.717) is 12.4 Å². The average molecular weight is 244 g/mol. The molecule has 0 saturated heterocycles. The lowest BCUT2D eigenvalue weighted by molar-refractivity contribution is 0.0788. The van der Waals surface area contributed by atoms with Gasteiger partial charge in [-0.1, -0.05) is 0 Å². The Morgan fingerprint density at radius 1 is 1.39 bits per heavy atom. The van der Waals surface area contributed by atoms with E-state index in [1.54, 1.807) is 0 Å². The summed E-state index contributed by atoms with van der Waals surface area (Å²) in [5.74, 6) is 0.00238. The van der Waals surface area contributed by atoms with Crippen LogP contribution in [-0.4, -0.2) is 40.4 Å². The Labute approximate surface area is 105 Å². The van der Waals surface area contributed by atoms with E-state index in [1.807, 2.05) is 19.1 Å². The van der Waals surface area contributed by atoms with Gasteiger partial charge in [-0.05, 0) is 6.92 Å². The number of nitrogens with one attached hydrogen (secondary N) is 1. The molecule has 7 nitrogen and oxygen atoms in total. The Morgan fingerprint density at radius 2 is 2.06 bits per heavy atom. The average Bonchev–Trinajstić information content (AvgIpc) is 2.38. The quantitative estimate of drug-likeness (QED) is 0.751. The summed E-state index contributed by atoms with van der Waals surface area (Å²) < 4.78 is 0. The second-order valence-electron chi connectivity index (χ2n) is 3.30. The first-order valence-corrected chi connectivity index (χ1v) is 5.32. The minimum atomic E-state index is -0.481. The topological polar surface area (TPSA) is 106 Å². The van der Waals surface area contributed by atoms with Crippen LogP contribution in [0.1, 0.15) is 17.4 Å². The Morgan fingerprint density at radius 3 is 2.61 bits per heavy atom. The lowest BCUT2D eigenvalue weighted by Gasteiger charge is -2.15. The van der Waals surface area contributed by atoms with Gasteiger partial charge in [0.2, 0.25) is 0 Å². The minimum absolute atomic E-state index is 0.110. The Bertz CT molecular complexity index is 485. The van der Waals surface area contributed by atoms with Gasteiger partial charge in [0, 0.05) is 6.54 Å². The number of amides is 1. The highest BCUT2D eigenvalue weighted by Crippen LogP contribution is 2.05. The highest BCUT2D eigenvalue weighted by molar-refractivity contribution is 5.92.